The minimum Gasteiger partial charge on any atom is -0.379 e. The Hall–Kier alpha value is -2.90. The van der Waals surface area contributed by atoms with Crippen LogP contribution in [-0.2, 0) is 19.7 Å². The van der Waals surface area contributed by atoms with Gasteiger partial charge in [0, 0.05) is 52.9 Å². The van der Waals surface area contributed by atoms with E-state index in [1.807, 2.05) is 0 Å². The quantitative estimate of drug-likeness (QED) is 0.335. The zero-order chi connectivity index (χ0) is 29.0. The van der Waals surface area contributed by atoms with Crippen LogP contribution in [0.5, 0.6) is 5.75 Å². The summed E-state index contributed by atoms with van der Waals surface area (Å²) in [6.45, 7) is 11.4. The summed E-state index contributed by atoms with van der Waals surface area (Å²) in [5, 5.41) is 0.428. The molecule has 0 unspecified atom stereocenters. The smallest absolute Gasteiger partial charge is 0.339 e. The highest BCUT2D eigenvalue weighted by molar-refractivity contribution is 7.87. The number of nitrogens with zero attached hydrogens (tertiary/aromatic N) is 1. The summed E-state index contributed by atoms with van der Waals surface area (Å²) in [5.41, 5.74) is 3.92. The zero-order valence-electron chi connectivity index (χ0n) is 23.7. The second-order valence-electron chi connectivity index (χ2n) is 12.7. The molecule has 0 saturated heterocycles. The van der Waals surface area contributed by atoms with Gasteiger partial charge in [0.05, 0.1) is 0 Å². The van der Waals surface area contributed by atoms with Gasteiger partial charge in [0.1, 0.15) is 10.6 Å². The largest absolute Gasteiger partial charge is 0.379 e. The molecule has 0 fully saturated rings. The summed E-state index contributed by atoms with van der Waals surface area (Å²) in [5.74, 6) is -0.177. The third kappa shape index (κ3) is 5.38. The van der Waals surface area contributed by atoms with E-state index in [4.69, 9.17) is 15.8 Å². The van der Waals surface area contributed by atoms with Gasteiger partial charge in [0.25, 0.3) is 0 Å². The molecule has 40 heavy (non-hydrogen) atoms. The second kappa shape index (κ2) is 10.2. The van der Waals surface area contributed by atoms with E-state index >= 15 is 0 Å². The lowest BCUT2D eigenvalue weighted by Crippen LogP contribution is -2.44. The van der Waals surface area contributed by atoms with Crippen LogP contribution in [0.1, 0.15) is 78.2 Å². The van der Waals surface area contributed by atoms with E-state index in [1.165, 1.54) is 24.3 Å². The van der Waals surface area contributed by atoms with Crippen LogP contribution in [0.2, 0.25) is 5.02 Å². The fourth-order valence-electron chi connectivity index (χ4n) is 6.37. The van der Waals surface area contributed by atoms with Gasteiger partial charge in [-0.3, -0.25) is 9.59 Å². The molecule has 2 aromatic rings. The first kappa shape index (κ1) is 28.6. The minimum absolute atomic E-state index is 0.000277. The van der Waals surface area contributed by atoms with E-state index in [1.54, 1.807) is 24.3 Å². The van der Waals surface area contributed by atoms with Gasteiger partial charge in [0.15, 0.2) is 11.6 Å². The molecule has 0 N–H and O–H groups in total. The average Bonchev–Trinajstić information content (AvgIpc) is 2.84. The van der Waals surface area contributed by atoms with Crippen LogP contribution in [0.3, 0.4) is 0 Å². The fraction of sp³-hybridized carbons (Fsp3) is 0.438. The number of benzene rings is 2. The second-order valence-corrected chi connectivity index (χ2v) is 14.7. The molecular formula is C32H36ClNO5S. The van der Waals surface area contributed by atoms with Crippen molar-refractivity contribution in [1.29, 1.82) is 0 Å². The van der Waals surface area contributed by atoms with Gasteiger partial charge < -0.3 is 9.08 Å². The van der Waals surface area contributed by atoms with Gasteiger partial charge in [0.2, 0.25) is 0 Å². The monoisotopic (exact) mass is 581 g/mol. The Morgan fingerprint density at radius 2 is 1.32 bits per heavy atom. The predicted octanol–water partition coefficient (Wildman–Crippen LogP) is 7.20. The van der Waals surface area contributed by atoms with Gasteiger partial charge in [-0.15, -0.1) is 0 Å². The van der Waals surface area contributed by atoms with Crippen molar-refractivity contribution in [1.82, 2.24) is 4.90 Å². The van der Waals surface area contributed by atoms with Crippen LogP contribution in [0.4, 0.5) is 0 Å². The normalized spacial score (nSPS) is 20.9. The molecule has 212 valence electrons. The molecule has 6 nitrogen and oxygen atoms in total. The molecule has 5 rings (SSSR count). The lowest BCUT2D eigenvalue weighted by molar-refractivity contribution is -0.119. The van der Waals surface area contributed by atoms with Gasteiger partial charge >= 0.3 is 10.1 Å². The minimum atomic E-state index is -4.06. The number of hydrogen-bond acceptors (Lipinski definition) is 6. The SMILES string of the molecule is CCCN1C2=C(C(=O)CC(C)(C)C2)C(c2ccc(OS(=O)(=O)c3ccc(Cl)cc3)cc2)C2=C1CC(C)(C)CC2=O. The summed E-state index contributed by atoms with van der Waals surface area (Å²) >= 11 is 5.89. The van der Waals surface area contributed by atoms with E-state index in [9.17, 15) is 18.0 Å². The van der Waals surface area contributed by atoms with Crippen molar-refractivity contribution in [2.24, 2.45) is 10.8 Å². The number of allylic oxidation sites excluding steroid dienone is 4. The van der Waals surface area contributed by atoms with Crippen LogP contribution in [0.15, 0.2) is 76.0 Å². The number of halogens is 1. The van der Waals surface area contributed by atoms with Crippen molar-refractivity contribution in [2.45, 2.75) is 77.5 Å². The van der Waals surface area contributed by atoms with Crippen LogP contribution in [0.25, 0.3) is 0 Å². The molecule has 0 spiro atoms. The van der Waals surface area contributed by atoms with E-state index in [0.717, 1.165) is 42.8 Å². The number of Topliss-reactive ketones (excluding diaryl/α,β-unsaturated/α-hetero) is 2. The Labute approximate surface area is 242 Å². The van der Waals surface area contributed by atoms with E-state index in [2.05, 4.69) is 39.5 Å². The summed E-state index contributed by atoms with van der Waals surface area (Å²) < 4.78 is 31.0. The first-order chi connectivity index (χ1) is 18.7. The lowest BCUT2D eigenvalue weighted by atomic mass is 9.63. The molecule has 0 aromatic heterocycles. The third-order valence-electron chi connectivity index (χ3n) is 7.99. The van der Waals surface area contributed by atoms with Crippen molar-refractivity contribution in [3.8, 4) is 5.75 Å². The third-order valence-corrected chi connectivity index (χ3v) is 9.50. The van der Waals surface area contributed by atoms with Crippen molar-refractivity contribution in [2.75, 3.05) is 6.54 Å². The Morgan fingerprint density at radius 1 is 0.825 bits per heavy atom. The van der Waals surface area contributed by atoms with Crippen LogP contribution in [-0.4, -0.2) is 31.4 Å². The molecule has 0 saturated carbocycles. The molecule has 2 aliphatic carbocycles. The lowest BCUT2D eigenvalue weighted by Gasteiger charge is -2.49. The summed E-state index contributed by atoms with van der Waals surface area (Å²) in [4.78, 5) is 29.9. The molecule has 0 amide bonds. The Balaban J connectivity index is 1.59. The van der Waals surface area contributed by atoms with Gasteiger partial charge in [-0.2, -0.15) is 8.42 Å². The van der Waals surface area contributed by atoms with Crippen LogP contribution >= 0.6 is 11.6 Å². The average molecular weight is 582 g/mol. The number of rotatable bonds is 6. The predicted molar refractivity (Wildman–Crippen MR) is 156 cm³/mol. The van der Waals surface area contributed by atoms with E-state index < -0.39 is 16.0 Å². The standard InChI is InChI=1S/C32H36ClNO5S/c1-6-15-34-24-16-31(2,3)18-26(35)29(24)28(30-25(34)17-32(4,5)19-27(30)36)20-7-11-22(12-8-20)39-40(37,38)23-13-9-21(33)10-14-23/h7-14,28H,6,15-19H2,1-5H3. The van der Waals surface area contributed by atoms with Gasteiger partial charge in [-0.05, 0) is 72.1 Å². The Morgan fingerprint density at radius 3 is 1.80 bits per heavy atom. The van der Waals surface area contributed by atoms with Crippen molar-refractivity contribution < 1.29 is 22.2 Å². The maximum atomic E-state index is 13.8. The van der Waals surface area contributed by atoms with Crippen molar-refractivity contribution >= 4 is 33.3 Å². The van der Waals surface area contributed by atoms with Crippen LogP contribution in [0, 0.1) is 10.8 Å². The Bertz CT molecular complexity index is 1480. The molecule has 0 radical (unpaired) electrons. The zero-order valence-corrected chi connectivity index (χ0v) is 25.3. The molecule has 3 aliphatic rings. The topological polar surface area (TPSA) is 80.8 Å². The molecule has 0 atom stereocenters. The molecular weight excluding hydrogens is 546 g/mol. The highest BCUT2D eigenvalue weighted by Crippen LogP contribution is 2.54. The Kier molecular flexibility index (Phi) is 7.28. The van der Waals surface area contributed by atoms with Crippen molar-refractivity contribution in [3.63, 3.8) is 0 Å². The number of carbonyl (C=O) groups excluding carboxylic acids is 2. The first-order valence-corrected chi connectivity index (χ1v) is 15.6. The molecule has 1 aliphatic heterocycles. The van der Waals surface area contributed by atoms with E-state index in [0.29, 0.717) is 29.0 Å². The molecule has 8 heteroatoms. The highest BCUT2D eigenvalue weighted by atomic mass is 35.5. The maximum absolute atomic E-state index is 13.8. The fourth-order valence-corrected chi connectivity index (χ4v) is 7.42. The van der Waals surface area contributed by atoms with E-state index in [-0.39, 0.29) is 33.0 Å². The van der Waals surface area contributed by atoms with Crippen LogP contribution < -0.4 is 4.18 Å². The number of hydrogen-bond donors (Lipinski definition) is 0. The number of ketones is 2. The van der Waals surface area contributed by atoms with Crippen molar-refractivity contribution in [3.05, 3.63) is 81.7 Å². The summed E-state index contributed by atoms with van der Waals surface area (Å²) in [6, 6.07) is 12.5. The summed E-state index contributed by atoms with van der Waals surface area (Å²) in [7, 11) is -4.06. The maximum Gasteiger partial charge on any atom is 0.339 e. The number of carbonyl (C=O) groups is 2. The molecule has 0 bridgehead atoms. The molecule has 2 aromatic carbocycles. The van der Waals surface area contributed by atoms with Gasteiger partial charge in [-0.1, -0.05) is 58.4 Å². The van der Waals surface area contributed by atoms with Gasteiger partial charge in [-0.25, -0.2) is 0 Å². The summed E-state index contributed by atoms with van der Waals surface area (Å²) in [6.07, 6.45) is 3.26. The molecule has 1 heterocycles. The highest BCUT2D eigenvalue weighted by Gasteiger charge is 2.48. The first-order valence-electron chi connectivity index (χ1n) is 13.8.